The zero-order valence-corrected chi connectivity index (χ0v) is 20.8. The maximum atomic E-state index is 8.39. The maximum absolute atomic E-state index is 8.39. The number of fused-ring (bicyclic) bond motifs is 6. The van der Waals surface area contributed by atoms with Crippen LogP contribution in [0, 0.1) is 13.8 Å². The Labute approximate surface area is 205 Å². The van der Waals surface area contributed by atoms with Gasteiger partial charge in [-0.15, -0.1) is 0 Å². The minimum absolute atomic E-state index is 0.0520. The van der Waals surface area contributed by atoms with Crippen LogP contribution in [0.4, 0.5) is 0 Å². The van der Waals surface area contributed by atoms with Crippen LogP contribution in [0.25, 0.3) is 44.0 Å². The molecule has 2 aromatic heterocycles. The number of aryl methyl sites for hydroxylation is 3. The van der Waals surface area contributed by atoms with Crippen molar-refractivity contribution in [3.63, 3.8) is 0 Å². The van der Waals surface area contributed by atoms with Gasteiger partial charge in [0.05, 0.1) is 18.2 Å². The maximum Gasteiger partial charge on any atom is 0.286 e. The van der Waals surface area contributed by atoms with Crippen LogP contribution in [0.15, 0.2) is 53.2 Å². The van der Waals surface area contributed by atoms with Crippen molar-refractivity contribution in [2.45, 2.75) is 65.1 Å². The molecule has 0 amide bonds. The van der Waals surface area contributed by atoms with Crippen LogP contribution in [-0.2, 0) is 17.9 Å². The van der Waals surface area contributed by atoms with E-state index in [0.29, 0.717) is 16.5 Å². The first-order valence-electron chi connectivity index (χ1n) is 13.6. The predicted octanol–water partition coefficient (Wildman–Crippen LogP) is 7.59. The average molecular weight is 453 g/mol. The quantitative estimate of drug-likeness (QED) is 0.245. The summed E-state index contributed by atoms with van der Waals surface area (Å²) in [6, 6.07) is 14.0. The third-order valence-electron chi connectivity index (χ3n) is 7.95. The molecule has 34 heavy (non-hydrogen) atoms. The molecule has 172 valence electrons. The molecule has 1 aliphatic carbocycles. The fourth-order valence-corrected chi connectivity index (χ4v) is 5.98. The zero-order chi connectivity index (χ0) is 26.5. The normalized spacial score (nSPS) is 18.6. The van der Waals surface area contributed by atoms with Crippen LogP contribution in [0.5, 0.6) is 0 Å². The molecule has 0 spiro atoms. The highest BCUT2D eigenvalue weighted by Crippen LogP contribution is 2.49. The van der Waals surface area contributed by atoms with Gasteiger partial charge in [0.1, 0.15) is 16.9 Å². The number of rotatable bonds is 1. The van der Waals surface area contributed by atoms with Crippen molar-refractivity contribution in [3.05, 3.63) is 71.2 Å². The van der Waals surface area contributed by atoms with Crippen molar-refractivity contribution < 1.29 is 13.1 Å². The lowest BCUT2D eigenvalue weighted by atomic mass is 9.64. The monoisotopic (exact) mass is 452 g/mol. The van der Waals surface area contributed by atoms with Gasteiger partial charge in [0, 0.05) is 25.7 Å². The molecule has 0 saturated heterocycles. The lowest BCUT2D eigenvalue weighted by Crippen LogP contribution is -2.43. The van der Waals surface area contributed by atoms with Gasteiger partial charge in [-0.05, 0) is 54.6 Å². The van der Waals surface area contributed by atoms with Gasteiger partial charge in [-0.1, -0.05) is 69.1 Å². The summed E-state index contributed by atoms with van der Waals surface area (Å²) in [6.45, 7) is 8.86. The van der Waals surface area contributed by atoms with Gasteiger partial charge in [-0.2, -0.15) is 0 Å². The van der Waals surface area contributed by atoms with E-state index in [1.165, 1.54) is 5.56 Å². The van der Waals surface area contributed by atoms with Gasteiger partial charge in [-0.3, -0.25) is 0 Å². The van der Waals surface area contributed by atoms with Crippen molar-refractivity contribution in [2.24, 2.45) is 7.05 Å². The second-order valence-electron chi connectivity index (χ2n) is 11.3. The third-order valence-corrected chi connectivity index (χ3v) is 7.95. The van der Waals surface area contributed by atoms with E-state index in [-0.39, 0.29) is 10.8 Å². The largest absolute Gasteiger partial charge is 0.455 e. The molecule has 0 atom stereocenters. The Hall–Kier alpha value is -3.20. The van der Waals surface area contributed by atoms with Gasteiger partial charge >= 0.3 is 0 Å². The molecular formula is C31H33N2O+. The first-order chi connectivity index (χ1) is 17.3. The SMILES string of the molecule is [2H]C([2H])([2H])c1cc(C)c(-c2c3c(nc[n+]2C)C(C)(C)CCC3(C)C)c2oc3c4ccccc4ccc3c12. The van der Waals surface area contributed by atoms with Gasteiger partial charge < -0.3 is 4.42 Å². The highest BCUT2D eigenvalue weighted by molar-refractivity contribution is 6.18. The summed E-state index contributed by atoms with van der Waals surface area (Å²) < 4.78 is 34.0. The smallest absolute Gasteiger partial charge is 0.286 e. The molecule has 5 aromatic rings. The first kappa shape index (κ1) is 18.2. The Morgan fingerprint density at radius 2 is 1.71 bits per heavy atom. The highest BCUT2D eigenvalue weighted by atomic mass is 16.3. The van der Waals surface area contributed by atoms with Crippen molar-refractivity contribution in [3.8, 4) is 11.3 Å². The van der Waals surface area contributed by atoms with Crippen molar-refractivity contribution >= 4 is 32.7 Å². The molecule has 3 nitrogen and oxygen atoms in total. The lowest BCUT2D eigenvalue weighted by molar-refractivity contribution is -0.664. The summed E-state index contributed by atoms with van der Waals surface area (Å²) >= 11 is 0. The topological polar surface area (TPSA) is 29.9 Å². The molecule has 0 fully saturated rings. The summed E-state index contributed by atoms with van der Waals surface area (Å²) in [7, 11) is 2.03. The van der Waals surface area contributed by atoms with Crippen molar-refractivity contribution in [1.29, 1.82) is 0 Å². The van der Waals surface area contributed by atoms with Crippen LogP contribution in [0.3, 0.4) is 0 Å². The predicted molar refractivity (Wildman–Crippen MR) is 140 cm³/mol. The molecule has 0 aliphatic heterocycles. The number of benzene rings is 3. The number of hydrogen-bond donors (Lipinski definition) is 0. The van der Waals surface area contributed by atoms with E-state index in [1.54, 1.807) is 0 Å². The summed E-state index contributed by atoms with van der Waals surface area (Å²) in [5.41, 5.74) is 6.82. The Bertz CT molecular complexity index is 1740. The molecule has 0 unspecified atom stereocenters. The molecule has 0 radical (unpaired) electrons. The fourth-order valence-electron chi connectivity index (χ4n) is 5.98. The Balaban J connectivity index is 1.84. The molecule has 0 saturated carbocycles. The van der Waals surface area contributed by atoms with E-state index in [9.17, 15) is 0 Å². The number of aromatic nitrogens is 2. The van der Waals surface area contributed by atoms with E-state index in [0.717, 1.165) is 57.1 Å². The fraction of sp³-hybridized carbons (Fsp3) is 0.355. The second kappa shape index (κ2) is 6.91. The highest BCUT2D eigenvalue weighted by Gasteiger charge is 2.45. The van der Waals surface area contributed by atoms with Crippen LogP contribution in [0.1, 0.15) is 67.0 Å². The van der Waals surface area contributed by atoms with Crippen LogP contribution < -0.4 is 4.57 Å². The Morgan fingerprint density at radius 3 is 2.50 bits per heavy atom. The summed E-state index contributed by atoms with van der Waals surface area (Å²) in [4.78, 5) is 4.95. The minimum Gasteiger partial charge on any atom is -0.455 e. The molecule has 1 aliphatic rings. The van der Waals surface area contributed by atoms with Gasteiger partial charge in [0.15, 0.2) is 5.69 Å². The number of nitrogens with zero attached hydrogens (tertiary/aromatic N) is 2. The second-order valence-corrected chi connectivity index (χ2v) is 11.3. The molecule has 0 bridgehead atoms. The molecular weight excluding hydrogens is 416 g/mol. The van der Waals surface area contributed by atoms with E-state index in [1.807, 2.05) is 50.6 Å². The van der Waals surface area contributed by atoms with E-state index in [4.69, 9.17) is 13.5 Å². The standard InChI is InChI=1S/C31H33N2O/c1-18-16-19(2)24(26-25-29(32-17-33(26)7)31(5,6)15-14-30(25,3)4)28-23(18)22-13-12-20-10-8-9-11-21(20)27(22)34-28/h8-13,16-17H,14-15H2,1-7H3/q+1/i1D3. The van der Waals surface area contributed by atoms with E-state index >= 15 is 0 Å². The van der Waals surface area contributed by atoms with Crippen molar-refractivity contribution in [1.82, 2.24) is 4.98 Å². The van der Waals surface area contributed by atoms with Crippen LogP contribution in [-0.4, -0.2) is 4.98 Å². The van der Waals surface area contributed by atoms with Crippen LogP contribution in [0.2, 0.25) is 0 Å². The average Bonchev–Trinajstić information content (AvgIpc) is 3.21. The molecule has 3 aromatic carbocycles. The Kier molecular flexibility index (Phi) is 3.69. The van der Waals surface area contributed by atoms with Gasteiger partial charge in [0.25, 0.3) is 6.33 Å². The molecule has 3 heteroatoms. The minimum atomic E-state index is -2.27. The number of hydrogen-bond acceptors (Lipinski definition) is 2. The van der Waals surface area contributed by atoms with Gasteiger partial charge in [0.2, 0.25) is 0 Å². The summed E-state index contributed by atoms with van der Waals surface area (Å²) in [5.74, 6) is 0. The first-order valence-corrected chi connectivity index (χ1v) is 12.1. The van der Waals surface area contributed by atoms with E-state index < -0.39 is 6.85 Å². The molecule has 6 rings (SSSR count). The summed E-state index contributed by atoms with van der Waals surface area (Å²) in [6.07, 6.45) is 4.01. The van der Waals surface area contributed by atoms with E-state index in [2.05, 4.69) is 44.4 Å². The van der Waals surface area contributed by atoms with Crippen molar-refractivity contribution in [2.75, 3.05) is 0 Å². The van der Waals surface area contributed by atoms with Crippen LogP contribution >= 0.6 is 0 Å². The zero-order valence-electron chi connectivity index (χ0n) is 23.8. The van der Waals surface area contributed by atoms with Gasteiger partial charge in [-0.25, -0.2) is 4.57 Å². The Morgan fingerprint density at radius 1 is 0.941 bits per heavy atom. The molecule has 0 N–H and O–H groups in total. The number of furan rings is 1. The molecule has 2 heterocycles. The summed E-state index contributed by atoms with van der Waals surface area (Å²) in [5, 5.41) is 3.57. The third kappa shape index (κ3) is 2.82. The lowest BCUT2D eigenvalue weighted by Gasteiger charge is -2.39.